The van der Waals surface area contributed by atoms with Crippen LogP contribution in [0.5, 0.6) is 0 Å². The Labute approximate surface area is 198 Å². The van der Waals surface area contributed by atoms with Crippen LogP contribution in [0.4, 0.5) is 4.39 Å². The number of hydrogen-bond acceptors (Lipinski definition) is 9. The molecule has 0 bridgehead atoms. The van der Waals surface area contributed by atoms with Crippen molar-refractivity contribution in [3.8, 4) is 0 Å². The molecule has 1 aromatic carbocycles. The molecule has 1 aromatic heterocycles. The van der Waals surface area contributed by atoms with E-state index in [1.54, 1.807) is 13.0 Å². The number of carbonyl (C=O) groups is 1. The molecule has 2 aliphatic rings. The highest BCUT2D eigenvalue weighted by molar-refractivity contribution is 9.10. The van der Waals surface area contributed by atoms with Crippen molar-refractivity contribution in [1.82, 2.24) is 25.0 Å². The van der Waals surface area contributed by atoms with Gasteiger partial charge in [-0.15, -0.1) is 0 Å². The van der Waals surface area contributed by atoms with Crippen LogP contribution in [0.15, 0.2) is 51.6 Å². The molecular formula is C20H22BrFN6O4S. The topological polar surface area (TPSA) is 119 Å². The van der Waals surface area contributed by atoms with Crippen molar-refractivity contribution in [2.45, 2.75) is 13.0 Å². The van der Waals surface area contributed by atoms with Crippen LogP contribution >= 0.6 is 15.9 Å². The molecule has 0 aliphatic carbocycles. The molecule has 0 saturated carbocycles. The van der Waals surface area contributed by atoms with Gasteiger partial charge in [-0.2, -0.15) is 9.78 Å². The van der Waals surface area contributed by atoms with Crippen LogP contribution in [-0.4, -0.2) is 77.8 Å². The number of sulfone groups is 1. The van der Waals surface area contributed by atoms with Gasteiger partial charge in [-0.1, -0.05) is 22.0 Å². The van der Waals surface area contributed by atoms with Gasteiger partial charge in [0.1, 0.15) is 24.5 Å². The van der Waals surface area contributed by atoms with E-state index in [0.29, 0.717) is 34.8 Å². The molecule has 1 unspecified atom stereocenters. The van der Waals surface area contributed by atoms with E-state index in [2.05, 4.69) is 36.3 Å². The van der Waals surface area contributed by atoms with Crippen molar-refractivity contribution in [3.05, 3.63) is 58.0 Å². The third-order valence-corrected chi connectivity index (χ3v) is 7.62. The smallest absolute Gasteiger partial charge is 0.338 e. The minimum atomic E-state index is -3.06. The molecule has 176 valence electrons. The van der Waals surface area contributed by atoms with Gasteiger partial charge in [0.2, 0.25) is 5.96 Å². The molecule has 10 nitrogen and oxygen atoms in total. The summed E-state index contributed by atoms with van der Waals surface area (Å²) in [6.45, 7) is 2.81. The van der Waals surface area contributed by atoms with Gasteiger partial charge < -0.3 is 10.1 Å². The number of carbonyl (C=O) groups excluding carboxylic acids is 1. The summed E-state index contributed by atoms with van der Waals surface area (Å²) in [5.41, 5.74) is 1.34. The van der Waals surface area contributed by atoms with Gasteiger partial charge in [0, 0.05) is 29.8 Å². The van der Waals surface area contributed by atoms with Crippen molar-refractivity contribution in [2.75, 3.05) is 37.7 Å². The van der Waals surface area contributed by atoms with E-state index < -0.39 is 27.7 Å². The quantitative estimate of drug-likeness (QED) is 0.563. The molecule has 2 aromatic rings. The van der Waals surface area contributed by atoms with Crippen LogP contribution in [-0.2, 0) is 19.4 Å². The second-order valence-corrected chi connectivity index (χ2v) is 10.7. The van der Waals surface area contributed by atoms with Crippen LogP contribution in [0.2, 0.25) is 0 Å². The number of halogens is 2. The van der Waals surface area contributed by atoms with Gasteiger partial charge in [-0.25, -0.2) is 27.6 Å². The van der Waals surface area contributed by atoms with Crippen LogP contribution in [0, 0.1) is 5.82 Å². The largest absolute Gasteiger partial charge is 0.463 e. The van der Waals surface area contributed by atoms with Crippen molar-refractivity contribution in [1.29, 1.82) is 0 Å². The predicted molar refractivity (Wildman–Crippen MR) is 122 cm³/mol. The molecule has 3 heterocycles. The monoisotopic (exact) mass is 540 g/mol. The number of nitrogens with one attached hydrogen (secondary N) is 1. The molecule has 4 rings (SSSR count). The summed E-state index contributed by atoms with van der Waals surface area (Å²) in [6.07, 6.45) is 2.82. The Kier molecular flexibility index (Phi) is 6.91. The van der Waals surface area contributed by atoms with E-state index in [4.69, 9.17) is 4.74 Å². The Morgan fingerprint density at radius 1 is 1.33 bits per heavy atom. The lowest BCUT2D eigenvalue weighted by atomic mass is 9.95. The van der Waals surface area contributed by atoms with Crippen LogP contribution in [0.1, 0.15) is 18.5 Å². The Bertz CT molecular complexity index is 1200. The molecular weight excluding hydrogens is 519 g/mol. The number of aliphatic imine (C=N–C) groups is 1. The van der Waals surface area contributed by atoms with Crippen LogP contribution in [0.3, 0.4) is 0 Å². The fourth-order valence-electron chi connectivity index (χ4n) is 3.67. The number of benzene rings is 1. The molecule has 1 N–H and O–H groups in total. The average Bonchev–Trinajstić information content (AvgIpc) is 3.30. The summed E-state index contributed by atoms with van der Waals surface area (Å²) in [4.78, 5) is 23.7. The Morgan fingerprint density at radius 3 is 2.73 bits per heavy atom. The zero-order valence-electron chi connectivity index (χ0n) is 17.7. The standard InChI is InChI=1S/C20H22BrFN6O4S/c1-2-32-19(29)17-16(10-27-5-7-33(30,31)8-6-27)25-20(28-12-23-11-24-28)26-18(17)14-4-3-13(22)9-15(14)21/h3-4,9,11-12,18H,2,5-8,10H2,1H3,(H,25,26). The zero-order chi connectivity index (χ0) is 23.6. The SMILES string of the molecule is CCOC(=O)C1=C(CN2CCS(=O)(=O)CC2)NC(n2cncn2)=NC1c1ccc(F)cc1Br. The molecule has 33 heavy (non-hydrogen) atoms. The highest BCUT2D eigenvalue weighted by atomic mass is 79.9. The summed E-state index contributed by atoms with van der Waals surface area (Å²) >= 11 is 3.38. The number of nitrogens with zero attached hydrogens (tertiary/aromatic N) is 5. The van der Waals surface area contributed by atoms with Crippen molar-refractivity contribution in [2.24, 2.45) is 4.99 Å². The lowest BCUT2D eigenvalue weighted by Gasteiger charge is -2.32. The first-order valence-corrected chi connectivity index (χ1v) is 12.9. The van der Waals surface area contributed by atoms with E-state index in [9.17, 15) is 17.6 Å². The molecule has 13 heteroatoms. The fraction of sp³-hybridized carbons (Fsp3) is 0.400. The zero-order valence-corrected chi connectivity index (χ0v) is 20.1. The lowest BCUT2D eigenvalue weighted by molar-refractivity contribution is -0.139. The van der Waals surface area contributed by atoms with Gasteiger partial charge >= 0.3 is 5.97 Å². The molecule has 1 saturated heterocycles. The first-order chi connectivity index (χ1) is 15.8. The molecule has 1 atom stereocenters. The number of hydrogen-bond donors (Lipinski definition) is 1. The van der Waals surface area contributed by atoms with Gasteiger partial charge in [0.25, 0.3) is 0 Å². The minimum absolute atomic E-state index is 0.0476. The number of ether oxygens (including phenoxy) is 1. The Hall–Kier alpha value is -2.64. The number of aromatic nitrogens is 3. The van der Waals surface area contributed by atoms with Crippen LogP contribution < -0.4 is 5.32 Å². The fourth-order valence-corrected chi connectivity index (χ4v) is 5.51. The first-order valence-electron chi connectivity index (χ1n) is 10.2. The average molecular weight is 541 g/mol. The molecule has 1 fully saturated rings. The maximum Gasteiger partial charge on any atom is 0.338 e. The maximum atomic E-state index is 13.8. The normalized spacial score (nSPS) is 20.8. The highest BCUT2D eigenvalue weighted by Gasteiger charge is 2.35. The van der Waals surface area contributed by atoms with E-state index in [0.717, 1.165) is 0 Å². The van der Waals surface area contributed by atoms with Crippen LogP contribution in [0.25, 0.3) is 0 Å². The summed E-state index contributed by atoms with van der Waals surface area (Å²) in [5.74, 6) is -0.581. The summed E-state index contributed by atoms with van der Waals surface area (Å²) in [7, 11) is -3.06. The maximum absolute atomic E-state index is 13.8. The number of esters is 1. The van der Waals surface area contributed by atoms with Crippen molar-refractivity contribution in [3.63, 3.8) is 0 Å². The molecule has 0 spiro atoms. The lowest BCUT2D eigenvalue weighted by Crippen LogP contribution is -2.46. The first kappa shape index (κ1) is 23.5. The van der Waals surface area contributed by atoms with Gasteiger partial charge in [0.15, 0.2) is 9.84 Å². The summed E-state index contributed by atoms with van der Waals surface area (Å²) < 4.78 is 44.7. The Balaban J connectivity index is 1.79. The third kappa shape index (κ3) is 5.31. The molecule has 0 amide bonds. The third-order valence-electron chi connectivity index (χ3n) is 5.32. The van der Waals surface area contributed by atoms with Crippen molar-refractivity contribution < 1.29 is 22.3 Å². The number of rotatable bonds is 5. The second kappa shape index (κ2) is 9.69. The molecule has 0 radical (unpaired) electrons. The van der Waals surface area contributed by atoms with E-state index in [1.165, 1.54) is 29.5 Å². The summed E-state index contributed by atoms with van der Waals surface area (Å²) in [6, 6.07) is 3.34. The van der Waals surface area contributed by atoms with E-state index in [-0.39, 0.29) is 30.2 Å². The van der Waals surface area contributed by atoms with Gasteiger partial charge in [0.05, 0.1) is 23.7 Å². The predicted octanol–water partition coefficient (Wildman–Crippen LogP) is 1.28. The van der Waals surface area contributed by atoms with Gasteiger partial charge in [-0.05, 0) is 24.6 Å². The summed E-state index contributed by atoms with van der Waals surface area (Å²) in [5, 5.41) is 7.27. The van der Waals surface area contributed by atoms with E-state index >= 15 is 0 Å². The highest BCUT2D eigenvalue weighted by Crippen LogP contribution is 2.36. The minimum Gasteiger partial charge on any atom is -0.463 e. The molecule has 2 aliphatic heterocycles. The second-order valence-electron chi connectivity index (χ2n) is 7.53. The van der Waals surface area contributed by atoms with Gasteiger partial charge in [-0.3, -0.25) is 4.90 Å². The van der Waals surface area contributed by atoms with E-state index in [1.807, 2.05) is 4.90 Å². The van der Waals surface area contributed by atoms with Crippen molar-refractivity contribution >= 4 is 37.7 Å². The Morgan fingerprint density at radius 2 is 2.09 bits per heavy atom.